The molecular formula is C12H17N3O2S. The lowest BCUT2D eigenvalue weighted by Gasteiger charge is -2.07. The minimum atomic E-state index is 0.495. The minimum absolute atomic E-state index is 0.495. The summed E-state index contributed by atoms with van der Waals surface area (Å²) in [7, 11) is 3.19. The molecule has 0 saturated carbocycles. The molecule has 0 saturated heterocycles. The van der Waals surface area contributed by atoms with Crippen LogP contribution in [-0.2, 0) is 0 Å². The number of benzene rings is 1. The van der Waals surface area contributed by atoms with Crippen molar-refractivity contribution in [3.63, 3.8) is 0 Å². The molecule has 98 valence electrons. The standard InChI is InChI=1S/C12H17N3O2S/c1-4-13-12(18)15-14-8-9-5-6-10(16-2)11(7-9)17-3/h5-8H,4H2,1-3H3,(H2,13,15,18)/b14-8+. The molecule has 0 spiro atoms. The molecule has 0 radical (unpaired) electrons. The van der Waals surface area contributed by atoms with Gasteiger partial charge in [0.2, 0.25) is 0 Å². The van der Waals surface area contributed by atoms with Crippen LogP contribution in [0.5, 0.6) is 11.5 Å². The van der Waals surface area contributed by atoms with Gasteiger partial charge in [0, 0.05) is 6.54 Å². The van der Waals surface area contributed by atoms with E-state index in [0.717, 1.165) is 12.1 Å². The summed E-state index contributed by atoms with van der Waals surface area (Å²) in [5.74, 6) is 1.35. The average Bonchev–Trinajstić information content (AvgIpc) is 2.38. The molecule has 0 aliphatic rings. The average molecular weight is 267 g/mol. The summed E-state index contributed by atoms with van der Waals surface area (Å²) in [6, 6.07) is 5.53. The highest BCUT2D eigenvalue weighted by molar-refractivity contribution is 7.80. The number of ether oxygens (including phenoxy) is 2. The summed E-state index contributed by atoms with van der Waals surface area (Å²) < 4.78 is 10.3. The Balaban J connectivity index is 2.67. The minimum Gasteiger partial charge on any atom is -0.493 e. The number of methoxy groups -OCH3 is 2. The van der Waals surface area contributed by atoms with E-state index in [1.54, 1.807) is 20.4 Å². The van der Waals surface area contributed by atoms with Crippen LogP contribution in [0.25, 0.3) is 0 Å². The number of nitrogens with zero attached hydrogens (tertiary/aromatic N) is 1. The molecule has 1 rings (SSSR count). The summed E-state index contributed by atoms with van der Waals surface area (Å²) in [4.78, 5) is 0. The molecule has 0 atom stereocenters. The second-order valence-electron chi connectivity index (χ2n) is 3.34. The smallest absolute Gasteiger partial charge is 0.186 e. The maximum atomic E-state index is 5.20. The van der Waals surface area contributed by atoms with Crippen molar-refractivity contribution in [3.8, 4) is 11.5 Å². The normalized spacial score (nSPS) is 10.2. The molecular weight excluding hydrogens is 250 g/mol. The number of rotatable bonds is 5. The van der Waals surface area contributed by atoms with Crippen LogP contribution < -0.4 is 20.2 Å². The monoisotopic (exact) mass is 267 g/mol. The molecule has 1 aromatic rings. The van der Waals surface area contributed by atoms with Crippen LogP contribution in [0, 0.1) is 0 Å². The van der Waals surface area contributed by atoms with Crippen LogP contribution in [0.15, 0.2) is 23.3 Å². The predicted octanol–water partition coefficient (Wildman–Crippen LogP) is 1.52. The van der Waals surface area contributed by atoms with Gasteiger partial charge in [0.25, 0.3) is 0 Å². The van der Waals surface area contributed by atoms with Crippen molar-refractivity contribution in [2.24, 2.45) is 5.10 Å². The first-order chi connectivity index (χ1) is 8.71. The zero-order valence-corrected chi connectivity index (χ0v) is 11.5. The van der Waals surface area contributed by atoms with Gasteiger partial charge in [-0.15, -0.1) is 0 Å². The highest BCUT2D eigenvalue weighted by Gasteiger charge is 2.02. The molecule has 0 unspecified atom stereocenters. The van der Waals surface area contributed by atoms with Crippen molar-refractivity contribution in [1.29, 1.82) is 0 Å². The first-order valence-electron chi connectivity index (χ1n) is 5.50. The van der Waals surface area contributed by atoms with E-state index in [-0.39, 0.29) is 0 Å². The van der Waals surface area contributed by atoms with E-state index in [1.807, 2.05) is 25.1 Å². The van der Waals surface area contributed by atoms with E-state index in [0.29, 0.717) is 16.6 Å². The molecule has 0 heterocycles. The first kappa shape index (κ1) is 14.2. The van der Waals surface area contributed by atoms with Gasteiger partial charge in [-0.05, 0) is 42.9 Å². The lowest BCUT2D eigenvalue weighted by atomic mass is 10.2. The van der Waals surface area contributed by atoms with E-state index in [2.05, 4.69) is 15.8 Å². The maximum absolute atomic E-state index is 5.20. The van der Waals surface area contributed by atoms with E-state index in [9.17, 15) is 0 Å². The molecule has 0 fully saturated rings. The number of hydrogen-bond donors (Lipinski definition) is 2. The molecule has 5 nitrogen and oxygen atoms in total. The van der Waals surface area contributed by atoms with E-state index in [1.165, 1.54) is 0 Å². The summed E-state index contributed by atoms with van der Waals surface area (Å²) >= 11 is 4.98. The van der Waals surface area contributed by atoms with Gasteiger partial charge in [0.1, 0.15) is 0 Å². The Morgan fingerprint density at radius 1 is 1.33 bits per heavy atom. The Morgan fingerprint density at radius 2 is 2.06 bits per heavy atom. The Labute approximate surface area is 112 Å². The van der Waals surface area contributed by atoms with Crippen molar-refractivity contribution >= 4 is 23.5 Å². The van der Waals surface area contributed by atoms with Crippen LogP contribution in [-0.4, -0.2) is 32.1 Å². The molecule has 2 N–H and O–H groups in total. The SMILES string of the molecule is CCNC(=S)N/N=C/c1ccc(OC)c(OC)c1. The van der Waals surface area contributed by atoms with Crippen LogP contribution in [0.3, 0.4) is 0 Å². The van der Waals surface area contributed by atoms with Gasteiger partial charge in [-0.2, -0.15) is 5.10 Å². The van der Waals surface area contributed by atoms with Crippen LogP contribution in [0.4, 0.5) is 0 Å². The van der Waals surface area contributed by atoms with Crippen molar-refractivity contribution in [1.82, 2.24) is 10.7 Å². The quantitative estimate of drug-likeness (QED) is 0.481. The highest BCUT2D eigenvalue weighted by atomic mass is 32.1. The maximum Gasteiger partial charge on any atom is 0.186 e. The van der Waals surface area contributed by atoms with Crippen molar-refractivity contribution in [2.45, 2.75) is 6.92 Å². The van der Waals surface area contributed by atoms with Crippen molar-refractivity contribution < 1.29 is 9.47 Å². The third kappa shape index (κ3) is 4.21. The fraction of sp³-hybridized carbons (Fsp3) is 0.333. The summed E-state index contributed by atoms with van der Waals surface area (Å²) in [6.07, 6.45) is 1.66. The Hall–Kier alpha value is -1.82. The zero-order valence-electron chi connectivity index (χ0n) is 10.7. The third-order valence-corrected chi connectivity index (χ3v) is 2.36. The van der Waals surface area contributed by atoms with Gasteiger partial charge in [-0.3, -0.25) is 5.43 Å². The predicted molar refractivity (Wildman–Crippen MR) is 76.6 cm³/mol. The Bertz CT molecular complexity index is 435. The molecule has 0 amide bonds. The van der Waals surface area contributed by atoms with E-state index >= 15 is 0 Å². The zero-order chi connectivity index (χ0) is 13.4. The van der Waals surface area contributed by atoms with Gasteiger partial charge in [-0.1, -0.05) is 0 Å². The lowest BCUT2D eigenvalue weighted by molar-refractivity contribution is 0.355. The fourth-order valence-corrected chi connectivity index (χ4v) is 1.50. The molecule has 18 heavy (non-hydrogen) atoms. The summed E-state index contributed by atoms with van der Waals surface area (Å²) in [5, 5.41) is 7.45. The highest BCUT2D eigenvalue weighted by Crippen LogP contribution is 2.26. The fourth-order valence-electron chi connectivity index (χ4n) is 1.30. The molecule has 0 aliphatic carbocycles. The molecule has 0 bridgehead atoms. The van der Waals surface area contributed by atoms with Crippen LogP contribution in [0.2, 0.25) is 0 Å². The Morgan fingerprint density at radius 3 is 2.67 bits per heavy atom. The summed E-state index contributed by atoms with van der Waals surface area (Å²) in [6.45, 7) is 2.73. The molecule has 0 aromatic heterocycles. The first-order valence-corrected chi connectivity index (χ1v) is 5.91. The van der Waals surface area contributed by atoms with Crippen molar-refractivity contribution in [3.05, 3.63) is 23.8 Å². The van der Waals surface area contributed by atoms with E-state index in [4.69, 9.17) is 21.7 Å². The summed E-state index contributed by atoms with van der Waals surface area (Å²) in [5.41, 5.74) is 3.60. The Kier molecular flexibility index (Phi) is 5.93. The number of hydrazone groups is 1. The number of hydrogen-bond acceptors (Lipinski definition) is 4. The molecule has 0 aliphatic heterocycles. The lowest BCUT2D eigenvalue weighted by Crippen LogP contribution is -2.31. The van der Waals surface area contributed by atoms with Gasteiger partial charge in [-0.25, -0.2) is 0 Å². The second-order valence-corrected chi connectivity index (χ2v) is 3.75. The second kappa shape index (κ2) is 7.50. The van der Waals surface area contributed by atoms with Crippen molar-refractivity contribution in [2.75, 3.05) is 20.8 Å². The molecule has 1 aromatic carbocycles. The van der Waals surface area contributed by atoms with Gasteiger partial charge >= 0.3 is 0 Å². The van der Waals surface area contributed by atoms with Crippen LogP contribution in [0.1, 0.15) is 12.5 Å². The van der Waals surface area contributed by atoms with Crippen LogP contribution >= 0.6 is 12.2 Å². The third-order valence-electron chi connectivity index (χ3n) is 2.12. The number of thiocarbonyl (C=S) groups is 1. The topological polar surface area (TPSA) is 54.9 Å². The largest absolute Gasteiger partial charge is 0.493 e. The van der Waals surface area contributed by atoms with Gasteiger partial charge < -0.3 is 14.8 Å². The van der Waals surface area contributed by atoms with E-state index < -0.39 is 0 Å². The van der Waals surface area contributed by atoms with Gasteiger partial charge in [0.05, 0.1) is 20.4 Å². The van der Waals surface area contributed by atoms with Gasteiger partial charge in [0.15, 0.2) is 16.6 Å². The molecule has 6 heteroatoms. The number of nitrogens with one attached hydrogen (secondary N) is 2.